The molecule has 1 aliphatic carbocycles. The van der Waals surface area contributed by atoms with Gasteiger partial charge in [-0.2, -0.15) is 0 Å². The molecule has 1 N–H and O–H groups in total. The summed E-state index contributed by atoms with van der Waals surface area (Å²) in [7, 11) is 0. The summed E-state index contributed by atoms with van der Waals surface area (Å²) < 4.78 is 10.3. The van der Waals surface area contributed by atoms with Crippen LogP contribution >= 0.6 is 0 Å². The van der Waals surface area contributed by atoms with Gasteiger partial charge in [0.2, 0.25) is 0 Å². The lowest BCUT2D eigenvalue weighted by molar-refractivity contribution is -0.160. The monoisotopic (exact) mass is 328 g/mol. The van der Waals surface area contributed by atoms with Gasteiger partial charge in [-0.15, -0.1) is 0 Å². The number of carboxylic acid groups (broad SMARTS) is 1. The zero-order chi connectivity index (χ0) is 17.2. The van der Waals surface area contributed by atoms with E-state index in [2.05, 4.69) is 0 Å². The number of carboxylic acids is 1. The van der Waals surface area contributed by atoms with Crippen molar-refractivity contribution in [1.82, 2.24) is 0 Å². The van der Waals surface area contributed by atoms with E-state index in [0.717, 1.165) is 19.3 Å². The Morgan fingerprint density at radius 1 is 1.04 bits per heavy atom. The van der Waals surface area contributed by atoms with Crippen molar-refractivity contribution in [3.8, 4) is 0 Å². The standard InChI is InChI=1S/C17H28O6/c1-3-12(2)16(20)22-10-6-7-11-23-17(21)14-9-5-4-8-13(14)15(18)19/h12-14H,3-11H2,1-2H3,(H,18,19). The zero-order valence-corrected chi connectivity index (χ0v) is 14.1. The van der Waals surface area contributed by atoms with Crippen molar-refractivity contribution in [3.63, 3.8) is 0 Å². The molecular weight excluding hydrogens is 300 g/mol. The van der Waals surface area contributed by atoms with E-state index in [1.807, 2.05) is 13.8 Å². The van der Waals surface area contributed by atoms with E-state index in [0.29, 0.717) is 32.3 Å². The van der Waals surface area contributed by atoms with Crippen LogP contribution in [0.2, 0.25) is 0 Å². The molecular formula is C17H28O6. The fraction of sp³-hybridized carbons (Fsp3) is 0.824. The summed E-state index contributed by atoms with van der Waals surface area (Å²) >= 11 is 0. The molecule has 0 amide bonds. The molecule has 1 rings (SSSR count). The van der Waals surface area contributed by atoms with Crippen molar-refractivity contribution in [1.29, 1.82) is 0 Å². The molecule has 6 nitrogen and oxygen atoms in total. The van der Waals surface area contributed by atoms with Crippen LogP contribution in [0.3, 0.4) is 0 Å². The Kier molecular flexibility index (Phi) is 8.66. The lowest BCUT2D eigenvalue weighted by Gasteiger charge is -2.26. The van der Waals surface area contributed by atoms with E-state index in [9.17, 15) is 14.4 Å². The predicted molar refractivity (Wildman–Crippen MR) is 83.7 cm³/mol. The van der Waals surface area contributed by atoms with E-state index in [1.54, 1.807) is 0 Å². The summed E-state index contributed by atoms with van der Waals surface area (Å²) in [6.45, 7) is 4.32. The first-order valence-electron chi connectivity index (χ1n) is 8.53. The van der Waals surface area contributed by atoms with Crippen LogP contribution in [0.4, 0.5) is 0 Å². The Bertz CT molecular complexity index is 406. The summed E-state index contributed by atoms with van der Waals surface area (Å²) in [4.78, 5) is 34.6. The number of ether oxygens (including phenoxy) is 2. The Labute approximate surface area is 137 Å². The van der Waals surface area contributed by atoms with Gasteiger partial charge in [-0.05, 0) is 32.1 Å². The number of unbranched alkanes of at least 4 members (excludes halogenated alkanes) is 1. The van der Waals surface area contributed by atoms with Gasteiger partial charge in [-0.25, -0.2) is 0 Å². The molecule has 3 unspecified atom stereocenters. The predicted octanol–water partition coefficient (Wildman–Crippen LogP) is 2.79. The Morgan fingerprint density at radius 3 is 2.17 bits per heavy atom. The second kappa shape index (κ2) is 10.2. The van der Waals surface area contributed by atoms with Gasteiger partial charge in [0.05, 0.1) is 31.0 Å². The molecule has 0 bridgehead atoms. The number of hydrogen-bond donors (Lipinski definition) is 1. The van der Waals surface area contributed by atoms with Crippen LogP contribution in [0, 0.1) is 17.8 Å². The van der Waals surface area contributed by atoms with E-state index in [-0.39, 0.29) is 18.5 Å². The molecule has 1 aliphatic rings. The molecule has 1 saturated carbocycles. The number of rotatable bonds is 9. The normalized spacial score (nSPS) is 22.2. The van der Waals surface area contributed by atoms with Crippen LogP contribution in [0.25, 0.3) is 0 Å². The molecule has 23 heavy (non-hydrogen) atoms. The maximum atomic E-state index is 12.0. The fourth-order valence-corrected chi connectivity index (χ4v) is 2.67. The molecule has 6 heteroatoms. The molecule has 0 aliphatic heterocycles. The van der Waals surface area contributed by atoms with Gasteiger partial charge < -0.3 is 14.6 Å². The van der Waals surface area contributed by atoms with Crippen LogP contribution in [0.5, 0.6) is 0 Å². The van der Waals surface area contributed by atoms with Gasteiger partial charge in [-0.3, -0.25) is 14.4 Å². The van der Waals surface area contributed by atoms with Crippen LogP contribution in [-0.2, 0) is 23.9 Å². The summed E-state index contributed by atoms with van der Waals surface area (Å²) in [6, 6.07) is 0. The molecule has 0 saturated heterocycles. The Hall–Kier alpha value is -1.59. The fourth-order valence-electron chi connectivity index (χ4n) is 2.67. The maximum Gasteiger partial charge on any atom is 0.309 e. The van der Waals surface area contributed by atoms with Gasteiger partial charge in [-0.1, -0.05) is 26.7 Å². The molecule has 0 radical (unpaired) electrons. The second-order valence-corrected chi connectivity index (χ2v) is 6.19. The Morgan fingerprint density at radius 2 is 1.61 bits per heavy atom. The summed E-state index contributed by atoms with van der Waals surface area (Å²) in [5.74, 6) is -2.75. The highest BCUT2D eigenvalue weighted by Crippen LogP contribution is 2.31. The van der Waals surface area contributed by atoms with E-state index in [4.69, 9.17) is 14.6 Å². The van der Waals surface area contributed by atoms with Gasteiger partial charge in [0, 0.05) is 0 Å². The van der Waals surface area contributed by atoms with Gasteiger partial charge in [0.15, 0.2) is 0 Å². The number of aliphatic carboxylic acids is 1. The average molecular weight is 328 g/mol. The maximum absolute atomic E-state index is 12.0. The quantitative estimate of drug-likeness (QED) is 0.517. The summed E-state index contributed by atoms with van der Waals surface area (Å²) in [5, 5.41) is 9.16. The van der Waals surface area contributed by atoms with Crippen molar-refractivity contribution < 1.29 is 29.0 Å². The van der Waals surface area contributed by atoms with E-state index >= 15 is 0 Å². The SMILES string of the molecule is CCC(C)C(=O)OCCCCOC(=O)C1CCCCC1C(=O)O. The third-order valence-electron chi connectivity index (χ3n) is 4.43. The first-order valence-corrected chi connectivity index (χ1v) is 8.53. The highest BCUT2D eigenvalue weighted by molar-refractivity contribution is 5.81. The highest BCUT2D eigenvalue weighted by atomic mass is 16.5. The van der Waals surface area contributed by atoms with Crippen LogP contribution in [0.1, 0.15) is 58.8 Å². The first kappa shape index (κ1) is 19.5. The van der Waals surface area contributed by atoms with Crippen LogP contribution in [0.15, 0.2) is 0 Å². The number of hydrogen-bond acceptors (Lipinski definition) is 5. The summed E-state index contributed by atoms with van der Waals surface area (Å²) in [5.41, 5.74) is 0. The van der Waals surface area contributed by atoms with Crippen LogP contribution in [-0.4, -0.2) is 36.2 Å². The lowest BCUT2D eigenvalue weighted by atomic mass is 9.79. The van der Waals surface area contributed by atoms with Gasteiger partial charge in [0.1, 0.15) is 0 Å². The number of carbonyl (C=O) groups is 3. The second-order valence-electron chi connectivity index (χ2n) is 6.19. The molecule has 3 atom stereocenters. The van der Waals surface area contributed by atoms with Crippen LogP contribution < -0.4 is 0 Å². The zero-order valence-electron chi connectivity index (χ0n) is 14.1. The molecule has 0 aromatic rings. The lowest BCUT2D eigenvalue weighted by Crippen LogP contribution is -2.34. The average Bonchev–Trinajstić information content (AvgIpc) is 2.56. The van der Waals surface area contributed by atoms with E-state index in [1.165, 1.54) is 0 Å². The topological polar surface area (TPSA) is 89.9 Å². The van der Waals surface area contributed by atoms with Crippen molar-refractivity contribution in [2.75, 3.05) is 13.2 Å². The number of esters is 2. The van der Waals surface area contributed by atoms with Gasteiger partial charge >= 0.3 is 17.9 Å². The minimum absolute atomic E-state index is 0.0907. The third-order valence-corrected chi connectivity index (χ3v) is 4.43. The molecule has 0 heterocycles. The summed E-state index contributed by atoms with van der Waals surface area (Å²) in [6.07, 6.45) is 4.83. The molecule has 132 valence electrons. The van der Waals surface area contributed by atoms with E-state index < -0.39 is 23.8 Å². The molecule has 0 aromatic heterocycles. The third kappa shape index (κ3) is 6.59. The minimum Gasteiger partial charge on any atom is -0.481 e. The minimum atomic E-state index is -0.913. The van der Waals surface area contributed by atoms with Crippen molar-refractivity contribution >= 4 is 17.9 Å². The highest BCUT2D eigenvalue weighted by Gasteiger charge is 2.36. The van der Waals surface area contributed by atoms with Crippen molar-refractivity contribution in [2.45, 2.75) is 58.8 Å². The first-order chi connectivity index (χ1) is 11.0. The molecule has 1 fully saturated rings. The Balaban J connectivity index is 2.18. The molecule has 0 spiro atoms. The van der Waals surface area contributed by atoms with Crippen molar-refractivity contribution in [3.05, 3.63) is 0 Å². The largest absolute Gasteiger partial charge is 0.481 e. The molecule has 0 aromatic carbocycles. The number of carbonyl (C=O) groups excluding carboxylic acids is 2. The van der Waals surface area contributed by atoms with Crippen molar-refractivity contribution in [2.24, 2.45) is 17.8 Å². The smallest absolute Gasteiger partial charge is 0.309 e. The van der Waals surface area contributed by atoms with Gasteiger partial charge in [0.25, 0.3) is 0 Å².